The molecule has 2 N–H and O–H groups in total. The minimum Gasteiger partial charge on any atom is -0.335 e. The molecule has 13 heteroatoms. The zero-order chi connectivity index (χ0) is 15.9. The Hall–Kier alpha value is -2.05. The van der Waals surface area contributed by atoms with Crippen LogP contribution in [0.25, 0.3) is 0 Å². The Morgan fingerprint density at radius 3 is 1.90 bits per heavy atom. The van der Waals surface area contributed by atoms with E-state index in [0.29, 0.717) is 0 Å². The molecule has 0 aliphatic heterocycles. The van der Waals surface area contributed by atoms with E-state index in [1.165, 1.54) is 0 Å². The third-order valence-corrected chi connectivity index (χ3v) is 3.09. The van der Waals surface area contributed by atoms with Gasteiger partial charge in [0, 0.05) is 0 Å². The van der Waals surface area contributed by atoms with Crippen LogP contribution >= 0.6 is 11.8 Å². The first-order chi connectivity index (χ1) is 9.62. The van der Waals surface area contributed by atoms with E-state index >= 15 is 0 Å². The van der Waals surface area contributed by atoms with Gasteiger partial charge in [0.2, 0.25) is 5.16 Å². The Bertz CT molecular complexity index is 671. The lowest BCUT2D eigenvalue weighted by Gasteiger charge is -2.07. The quantitative estimate of drug-likeness (QED) is 0.518. The molecule has 0 bridgehead atoms. The molecule has 2 heterocycles. The maximum Gasteiger partial charge on any atom is 0.453 e. The summed E-state index contributed by atoms with van der Waals surface area (Å²) < 4.78 is 89.4. The van der Waals surface area contributed by atoms with Crippen molar-refractivity contribution in [2.45, 2.75) is 16.2 Å². The van der Waals surface area contributed by atoms with Crippen molar-refractivity contribution in [3.8, 4) is 0 Å². The second-order valence-electron chi connectivity index (χ2n) is 3.43. The number of hydrogen-bond donors (Lipinski definition) is 1. The summed E-state index contributed by atoms with van der Waals surface area (Å²) in [4.78, 5) is 1.01. The lowest BCUT2D eigenvalue weighted by molar-refractivity contribution is -0.146. The van der Waals surface area contributed by atoms with Gasteiger partial charge in [0.25, 0.3) is 17.7 Å². The topological polar surface area (TPSA) is 69.6 Å². The molecule has 21 heavy (non-hydrogen) atoms. The highest BCUT2D eigenvalue weighted by atomic mass is 32.2. The predicted octanol–water partition coefficient (Wildman–Crippen LogP) is 2.11. The van der Waals surface area contributed by atoms with Crippen LogP contribution in [0.5, 0.6) is 0 Å². The molecule has 0 atom stereocenters. The number of hydrogen-bond acceptors (Lipinski definition) is 5. The van der Waals surface area contributed by atoms with Gasteiger partial charge in [-0.2, -0.15) is 26.9 Å². The fourth-order valence-electron chi connectivity index (χ4n) is 1.19. The van der Waals surface area contributed by atoms with E-state index in [0.717, 1.165) is 0 Å². The third-order valence-electron chi connectivity index (χ3n) is 2.07. The zero-order valence-electron chi connectivity index (χ0n) is 9.42. The molecule has 0 fully saturated rings. The standard InChI is InChI=1S/C8H2F7N5S/c9-1-3(2(10)5(12)17-4(1)11)21-7-19-18-6(20(7)16)8(13,14)15/h16H2. The monoisotopic (exact) mass is 333 g/mol. The molecule has 2 aromatic rings. The second kappa shape index (κ2) is 5.05. The summed E-state index contributed by atoms with van der Waals surface area (Å²) in [6.07, 6.45) is -4.97. The SMILES string of the molecule is Nn1c(Sc2c(F)c(F)nc(F)c2F)nnc1C(F)(F)F. The fraction of sp³-hybridized carbons (Fsp3) is 0.125. The molecule has 0 saturated carbocycles. The van der Waals surface area contributed by atoms with Crippen LogP contribution in [-0.4, -0.2) is 19.9 Å². The Morgan fingerprint density at radius 1 is 0.952 bits per heavy atom. The normalized spacial score (nSPS) is 12.0. The van der Waals surface area contributed by atoms with Crippen LogP contribution in [0, 0.1) is 23.5 Å². The summed E-state index contributed by atoms with van der Waals surface area (Å²) in [6, 6.07) is 0. The van der Waals surface area contributed by atoms with Gasteiger partial charge in [0.15, 0.2) is 11.6 Å². The summed E-state index contributed by atoms with van der Waals surface area (Å²) in [6.45, 7) is 0. The highest BCUT2D eigenvalue weighted by Gasteiger charge is 2.38. The average Bonchev–Trinajstić information content (AvgIpc) is 2.73. The first-order valence-corrected chi connectivity index (χ1v) is 5.60. The minimum absolute atomic E-state index is 0.111. The second-order valence-corrected chi connectivity index (χ2v) is 4.40. The molecule has 0 aromatic carbocycles. The van der Waals surface area contributed by atoms with Crippen molar-refractivity contribution < 1.29 is 30.7 Å². The molecule has 5 nitrogen and oxygen atoms in total. The molecule has 0 saturated heterocycles. The van der Waals surface area contributed by atoms with Gasteiger partial charge in [-0.15, -0.1) is 10.2 Å². The van der Waals surface area contributed by atoms with E-state index in [-0.39, 0.29) is 16.4 Å². The number of nitrogens with two attached hydrogens (primary N) is 1. The largest absolute Gasteiger partial charge is 0.453 e. The maximum absolute atomic E-state index is 13.3. The van der Waals surface area contributed by atoms with E-state index in [9.17, 15) is 30.7 Å². The fourth-order valence-corrected chi connectivity index (χ4v) is 1.99. The molecular weight excluding hydrogens is 331 g/mol. The van der Waals surface area contributed by atoms with Crippen LogP contribution in [0.4, 0.5) is 30.7 Å². The maximum atomic E-state index is 13.3. The number of nitrogen functional groups attached to an aromatic ring is 1. The Kier molecular flexibility index (Phi) is 3.69. The van der Waals surface area contributed by atoms with E-state index in [1.54, 1.807) is 0 Å². The highest BCUT2D eigenvalue weighted by molar-refractivity contribution is 7.99. The summed E-state index contributed by atoms with van der Waals surface area (Å²) in [5, 5.41) is 4.80. The van der Waals surface area contributed by atoms with E-state index < -0.39 is 45.6 Å². The van der Waals surface area contributed by atoms with Crippen LogP contribution in [-0.2, 0) is 6.18 Å². The number of aromatic nitrogens is 4. The molecule has 2 rings (SSSR count). The Labute approximate surface area is 114 Å². The van der Waals surface area contributed by atoms with Crippen molar-refractivity contribution in [3.05, 3.63) is 29.4 Å². The number of rotatable bonds is 2. The first kappa shape index (κ1) is 15.3. The summed E-state index contributed by atoms with van der Waals surface area (Å²) in [7, 11) is 0. The summed E-state index contributed by atoms with van der Waals surface area (Å²) >= 11 is -0.173. The van der Waals surface area contributed by atoms with Gasteiger partial charge in [0.05, 0.1) is 4.90 Å². The number of pyridine rings is 1. The lowest BCUT2D eigenvalue weighted by atomic mass is 10.4. The average molecular weight is 333 g/mol. The predicted molar refractivity (Wildman–Crippen MR) is 53.4 cm³/mol. The van der Waals surface area contributed by atoms with Crippen molar-refractivity contribution in [2.24, 2.45) is 0 Å². The van der Waals surface area contributed by atoms with Crippen molar-refractivity contribution in [3.63, 3.8) is 0 Å². The van der Waals surface area contributed by atoms with Gasteiger partial charge in [-0.05, 0) is 11.8 Å². The molecule has 0 unspecified atom stereocenters. The van der Waals surface area contributed by atoms with Gasteiger partial charge in [-0.3, -0.25) is 0 Å². The number of alkyl halides is 3. The zero-order valence-corrected chi connectivity index (χ0v) is 10.2. The minimum atomic E-state index is -4.97. The van der Waals surface area contributed by atoms with Crippen molar-refractivity contribution in [1.29, 1.82) is 0 Å². The van der Waals surface area contributed by atoms with Crippen LogP contribution in [0.3, 0.4) is 0 Å². The molecule has 0 spiro atoms. The van der Waals surface area contributed by atoms with Crippen LogP contribution < -0.4 is 5.84 Å². The van der Waals surface area contributed by atoms with Gasteiger partial charge in [-0.1, -0.05) is 0 Å². The van der Waals surface area contributed by atoms with Crippen molar-refractivity contribution in [1.82, 2.24) is 19.9 Å². The molecule has 0 radical (unpaired) electrons. The lowest BCUT2D eigenvalue weighted by Crippen LogP contribution is -2.21. The van der Waals surface area contributed by atoms with Crippen LogP contribution in [0.1, 0.15) is 5.82 Å². The number of nitrogens with zero attached hydrogens (tertiary/aromatic N) is 4. The number of halogens is 7. The van der Waals surface area contributed by atoms with E-state index in [4.69, 9.17) is 5.84 Å². The summed E-state index contributed by atoms with van der Waals surface area (Å²) in [5.41, 5.74) is 0. The molecule has 0 aliphatic rings. The van der Waals surface area contributed by atoms with Gasteiger partial charge < -0.3 is 5.84 Å². The van der Waals surface area contributed by atoms with Crippen LogP contribution in [0.2, 0.25) is 0 Å². The molecule has 114 valence electrons. The molecule has 0 aliphatic carbocycles. The van der Waals surface area contributed by atoms with Gasteiger partial charge in [-0.25, -0.2) is 13.5 Å². The highest BCUT2D eigenvalue weighted by Crippen LogP contribution is 2.34. The van der Waals surface area contributed by atoms with Crippen molar-refractivity contribution >= 4 is 11.8 Å². The molecular formula is C8H2F7N5S. The summed E-state index contributed by atoms with van der Waals surface area (Å²) in [5.74, 6) is -4.35. The first-order valence-electron chi connectivity index (χ1n) is 4.78. The van der Waals surface area contributed by atoms with Gasteiger partial charge >= 0.3 is 6.18 Å². The van der Waals surface area contributed by atoms with E-state index in [2.05, 4.69) is 15.2 Å². The van der Waals surface area contributed by atoms with Crippen molar-refractivity contribution in [2.75, 3.05) is 5.84 Å². The molecule has 2 aromatic heterocycles. The Balaban J connectivity index is 2.47. The molecule has 0 amide bonds. The third kappa shape index (κ3) is 2.72. The van der Waals surface area contributed by atoms with E-state index in [1.807, 2.05) is 0 Å². The smallest absolute Gasteiger partial charge is 0.335 e. The van der Waals surface area contributed by atoms with Crippen LogP contribution in [0.15, 0.2) is 10.1 Å². The van der Waals surface area contributed by atoms with Gasteiger partial charge in [0.1, 0.15) is 0 Å². The Morgan fingerprint density at radius 2 is 1.48 bits per heavy atom.